The molecule has 1 aliphatic heterocycles. The van der Waals surface area contributed by atoms with Gasteiger partial charge in [0, 0.05) is 5.56 Å². The highest BCUT2D eigenvalue weighted by atomic mass is 16.5. The van der Waals surface area contributed by atoms with E-state index in [1.165, 1.54) is 17.0 Å². The van der Waals surface area contributed by atoms with Crippen LogP contribution in [0.5, 0.6) is 5.75 Å². The first-order valence-corrected chi connectivity index (χ1v) is 6.92. The maximum atomic E-state index is 12.6. The van der Waals surface area contributed by atoms with Crippen molar-refractivity contribution in [1.82, 2.24) is 14.9 Å². The SMILES string of the molecule is O=C(O)CNC(=O)c1c(O)c2c(n(Cc3ncco3)c1=O)COC2. The van der Waals surface area contributed by atoms with Crippen LogP contribution >= 0.6 is 0 Å². The number of aliphatic carboxylic acids is 1. The summed E-state index contributed by atoms with van der Waals surface area (Å²) in [6, 6.07) is 0. The third-order valence-electron chi connectivity index (χ3n) is 3.55. The number of carbonyl (C=O) groups excluding carboxylic acids is 1. The summed E-state index contributed by atoms with van der Waals surface area (Å²) in [6.07, 6.45) is 2.76. The van der Waals surface area contributed by atoms with E-state index in [2.05, 4.69) is 10.3 Å². The number of hydrogen-bond acceptors (Lipinski definition) is 7. The Morgan fingerprint density at radius 2 is 2.17 bits per heavy atom. The maximum absolute atomic E-state index is 12.6. The number of amides is 1. The van der Waals surface area contributed by atoms with Gasteiger partial charge in [-0.05, 0) is 0 Å². The Labute approximate surface area is 134 Å². The minimum absolute atomic E-state index is 0.0340. The Balaban J connectivity index is 2.07. The summed E-state index contributed by atoms with van der Waals surface area (Å²) >= 11 is 0. The quantitative estimate of drug-likeness (QED) is 0.659. The van der Waals surface area contributed by atoms with Crippen LogP contribution in [-0.2, 0) is 29.3 Å². The van der Waals surface area contributed by atoms with Gasteiger partial charge in [0.15, 0.2) is 0 Å². The Bertz CT molecular complexity index is 854. The summed E-state index contributed by atoms with van der Waals surface area (Å²) in [5, 5.41) is 20.9. The molecule has 3 rings (SSSR count). The predicted octanol–water partition coefficient (Wildman–Crippen LogP) is -0.565. The van der Waals surface area contributed by atoms with Gasteiger partial charge in [-0.3, -0.25) is 19.0 Å². The van der Waals surface area contributed by atoms with Crippen LogP contribution in [0, 0.1) is 0 Å². The molecule has 0 aromatic carbocycles. The first-order valence-electron chi connectivity index (χ1n) is 6.92. The zero-order chi connectivity index (χ0) is 17.3. The van der Waals surface area contributed by atoms with Crippen LogP contribution in [0.15, 0.2) is 21.7 Å². The molecule has 0 fully saturated rings. The Morgan fingerprint density at radius 3 is 2.83 bits per heavy atom. The lowest BCUT2D eigenvalue weighted by Crippen LogP contribution is -2.37. The van der Waals surface area contributed by atoms with E-state index in [4.69, 9.17) is 14.3 Å². The van der Waals surface area contributed by atoms with Crippen molar-refractivity contribution in [3.63, 3.8) is 0 Å². The van der Waals surface area contributed by atoms with Gasteiger partial charge in [-0.15, -0.1) is 0 Å². The Hall–Kier alpha value is -3.14. The van der Waals surface area contributed by atoms with Gasteiger partial charge in [-0.1, -0.05) is 0 Å². The number of carbonyl (C=O) groups is 2. The van der Waals surface area contributed by atoms with Crippen LogP contribution in [-0.4, -0.2) is 38.2 Å². The largest absolute Gasteiger partial charge is 0.506 e. The molecule has 1 amide bonds. The van der Waals surface area contributed by atoms with E-state index in [-0.39, 0.29) is 25.6 Å². The molecule has 3 heterocycles. The molecule has 0 bridgehead atoms. The second-order valence-electron chi connectivity index (χ2n) is 5.04. The number of carboxylic acids is 1. The number of hydrogen-bond donors (Lipinski definition) is 3. The molecule has 24 heavy (non-hydrogen) atoms. The van der Waals surface area contributed by atoms with E-state index in [0.29, 0.717) is 11.3 Å². The average molecular weight is 335 g/mol. The Morgan fingerprint density at radius 1 is 1.38 bits per heavy atom. The first-order chi connectivity index (χ1) is 11.5. The lowest BCUT2D eigenvalue weighted by atomic mass is 10.1. The number of nitrogens with one attached hydrogen (secondary N) is 1. The monoisotopic (exact) mass is 335 g/mol. The number of aromatic hydroxyl groups is 1. The van der Waals surface area contributed by atoms with Crippen molar-refractivity contribution in [1.29, 1.82) is 0 Å². The molecule has 126 valence electrons. The third kappa shape index (κ3) is 2.74. The maximum Gasteiger partial charge on any atom is 0.322 e. The van der Waals surface area contributed by atoms with Gasteiger partial charge in [0.1, 0.15) is 30.7 Å². The van der Waals surface area contributed by atoms with Crippen molar-refractivity contribution in [3.05, 3.63) is 45.5 Å². The number of pyridine rings is 1. The molecule has 0 atom stereocenters. The molecule has 0 aliphatic carbocycles. The van der Waals surface area contributed by atoms with Crippen LogP contribution in [0.25, 0.3) is 0 Å². The topological polar surface area (TPSA) is 144 Å². The summed E-state index contributed by atoms with van der Waals surface area (Å²) in [7, 11) is 0. The molecule has 10 nitrogen and oxygen atoms in total. The number of aromatic nitrogens is 2. The number of rotatable bonds is 5. The van der Waals surface area contributed by atoms with Crippen molar-refractivity contribution in [2.24, 2.45) is 0 Å². The van der Waals surface area contributed by atoms with Crippen LogP contribution in [0.3, 0.4) is 0 Å². The molecule has 0 saturated heterocycles. The number of carboxylic acid groups (broad SMARTS) is 1. The molecule has 0 saturated carbocycles. The molecule has 0 spiro atoms. The van der Waals surface area contributed by atoms with Crippen molar-refractivity contribution in [3.8, 4) is 5.75 Å². The molecule has 2 aromatic heterocycles. The predicted molar refractivity (Wildman–Crippen MR) is 76.4 cm³/mol. The van der Waals surface area contributed by atoms with Crippen molar-refractivity contribution < 1.29 is 29.0 Å². The molecule has 2 aromatic rings. The van der Waals surface area contributed by atoms with E-state index in [9.17, 15) is 19.5 Å². The summed E-state index contributed by atoms with van der Waals surface area (Å²) in [4.78, 5) is 39.2. The van der Waals surface area contributed by atoms with Crippen molar-refractivity contribution >= 4 is 11.9 Å². The zero-order valence-electron chi connectivity index (χ0n) is 12.3. The van der Waals surface area contributed by atoms with Gasteiger partial charge < -0.3 is 24.7 Å². The minimum atomic E-state index is -1.27. The number of ether oxygens (including phenoxy) is 1. The second-order valence-corrected chi connectivity index (χ2v) is 5.04. The fourth-order valence-electron chi connectivity index (χ4n) is 2.46. The van der Waals surface area contributed by atoms with Gasteiger partial charge in [0.05, 0.1) is 25.1 Å². The summed E-state index contributed by atoms with van der Waals surface area (Å²) in [5.41, 5.74) is -0.586. The van der Waals surface area contributed by atoms with Gasteiger partial charge in [0.2, 0.25) is 5.89 Å². The molecular formula is C14H13N3O7. The normalized spacial score (nSPS) is 12.8. The average Bonchev–Trinajstić information content (AvgIpc) is 3.20. The number of nitrogens with zero attached hydrogens (tertiary/aromatic N) is 2. The van der Waals surface area contributed by atoms with Gasteiger partial charge in [-0.2, -0.15) is 0 Å². The van der Waals surface area contributed by atoms with Gasteiger partial charge in [-0.25, -0.2) is 4.98 Å². The summed E-state index contributed by atoms with van der Waals surface area (Å²) in [6.45, 7) is -0.593. The van der Waals surface area contributed by atoms with Crippen LogP contribution in [0.4, 0.5) is 0 Å². The number of oxazole rings is 1. The Kier molecular flexibility index (Phi) is 4.04. The van der Waals surface area contributed by atoms with E-state index >= 15 is 0 Å². The summed E-state index contributed by atoms with van der Waals surface area (Å²) in [5.74, 6) is -2.50. The molecule has 0 radical (unpaired) electrons. The lowest BCUT2D eigenvalue weighted by Gasteiger charge is -2.14. The fourth-order valence-corrected chi connectivity index (χ4v) is 2.46. The standard InChI is InChI=1S/C14H13N3O7/c18-10(19)3-16-13(21)11-12(20)7-5-23-6-8(7)17(14(11)22)4-9-15-1-2-24-9/h1-2,20H,3-6H2,(H,16,21)(H,18,19). The van der Waals surface area contributed by atoms with Crippen molar-refractivity contribution in [2.45, 2.75) is 19.8 Å². The summed E-state index contributed by atoms with van der Waals surface area (Å²) < 4.78 is 11.6. The van der Waals surface area contributed by atoms with Gasteiger partial charge in [0.25, 0.3) is 11.5 Å². The molecule has 0 unspecified atom stereocenters. The van der Waals surface area contributed by atoms with Crippen molar-refractivity contribution in [2.75, 3.05) is 6.54 Å². The molecular weight excluding hydrogens is 322 g/mol. The van der Waals surface area contributed by atoms with Crippen LogP contribution in [0.1, 0.15) is 27.5 Å². The first kappa shape index (κ1) is 15.7. The van der Waals surface area contributed by atoms with E-state index in [1.807, 2.05) is 0 Å². The lowest BCUT2D eigenvalue weighted by molar-refractivity contribution is -0.135. The van der Waals surface area contributed by atoms with E-state index in [1.54, 1.807) is 0 Å². The molecule has 1 aliphatic rings. The van der Waals surface area contributed by atoms with Crippen LogP contribution < -0.4 is 10.9 Å². The number of fused-ring (bicyclic) bond motifs is 1. The molecule has 10 heteroatoms. The highest BCUT2D eigenvalue weighted by Crippen LogP contribution is 2.29. The van der Waals surface area contributed by atoms with E-state index in [0.717, 1.165) is 0 Å². The zero-order valence-corrected chi connectivity index (χ0v) is 12.3. The molecule has 3 N–H and O–H groups in total. The fraction of sp³-hybridized carbons (Fsp3) is 0.286. The minimum Gasteiger partial charge on any atom is -0.506 e. The van der Waals surface area contributed by atoms with Crippen LogP contribution in [0.2, 0.25) is 0 Å². The third-order valence-corrected chi connectivity index (χ3v) is 3.55. The highest BCUT2D eigenvalue weighted by Gasteiger charge is 2.29. The smallest absolute Gasteiger partial charge is 0.322 e. The van der Waals surface area contributed by atoms with Gasteiger partial charge >= 0.3 is 5.97 Å². The second kappa shape index (κ2) is 6.16. The highest BCUT2D eigenvalue weighted by molar-refractivity contribution is 5.98. The van der Waals surface area contributed by atoms with E-state index < -0.39 is 35.3 Å².